The lowest BCUT2D eigenvalue weighted by atomic mass is 10.0. The van der Waals surface area contributed by atoms with Crippen molar-refractivity contribution in [3.63, 3.8) is 0 Å². The summed E-state index contributed by atoms with van der Waals surface area (Å²) in [5.74, 6) is 0.511. The molecule has 0 radical (unpaired) electrons. The molecule has 2 heteroatoms. The van der Waals surface area contributed by atoms with Gasteiger partial charge in [-0.1, -0.05) is 43.3 Å². The van der Waals surface area contributed by atoms with Crippen molar-refractivity contribution in [2.75, 3.05) is 6.54 Å². The molecule has 1 heterocycles. The summed E-state index contributed by atoms with van der Waals surface area (Å²) in [4.78, 5) is 4.37. The fourth-order valence-corrected chi connectivity index (χ4v) is 1.99. The van der Waals surface area contributed by atoms with E-state index in [0.29, 0.717) is 5.92 Å². The lowest BCUT2D eigenvalue weighted by molar-refractivity contribution is 0.528. The van der Waals surface area contributed by atoms with Gasteiger partial charge in [0.25, 0.3) is 0 Å². The Balaban J connectivity index is 1.89. The summed E-state index contributed by atoms with van der Waals surface area (Å²) in [6.07, 6.45) is 1.84. The highest BCUT2D eigenvalue weighted by molar-refractivity contribution is 5.19. The molecule has 2 atom stereocenters. The van der Waals surface area contributed by atoms with E-state index in [1.807, 2.05) is 18.3 Å². The molecule has 1 N–H and O–H groups in total. The quantitative estimate of drug-likeness (QED) is 0.864. The van der Waals surface area contributed by atoms with E-state index in [1.54, 1.807) is 0 Å². The summed E-state index contributed by atoms with van der Waals surface area (Å²) in [6, 6.07) is 16.9. The standard InChI is InChI=1S/C16H20N2/c1-13(15-8-4-3-5-9-15)12-18-14(2)16-10-6-7-11-17-16/h3-11,13-14,18H,12H2,1-2H3/t13?,14-/m0/s1. The van der Waals surface area contributed by atoms with Gasteiger partial charge in [-0.25, -0.2) is 0 Å². The summed E-state index contributed by atoms with van der Waals surface area (Å²) < 4.78 is 0. The topological polar surface area (TPSA) is 24.9 Å². The monoisotopic (exact) mass is 240 g/mol. The summed E-state index contributed by atoms with van der Waals surface area (Å²) in [7, 11) is 0. The zero-order chi connectivity index (χ0) is 12.8. The molecule has 0 aliphatic heterocycles. The maximum Gasteiger partial charge on any atom is 0.0570 e. The highest BCUT2D eigenvalue weighted by atomic mass is 14.9. The zero-order valence-corrected chi connectivity index (χ0v) is 11.0. The van der Waals surface area contributed by atoms with Crippen LogP contribution < -0.4 is 5.32 Å². The van der Waals surface area contributed by atoms with Crippen LogP contribution in [0.5, 0.6) is 0 Å². The van der Waals surface area contributed by atoms with Crippen LogP contribution >= 0.6 is 0 Å². The largest absolute Gasteiger partial charge is 0.308 e. The Morgan fingerprint density at radius 1 is 1.00 bits per heavy atom. The third kappa shape index (κ3) is 3.41. The number of hydrogen-bond donors (Lipinski definition) is 1. The van der Waals surface area contributed by atoms with Gasteiger partial charge in [-0.05, 0) is 30.5 Å². The van der Waals surface area contributed by atoms with Crippen LogP contribution in [0.1, 0.15) is 37.1 Å². The summed E-state index contributed by atoms with van der Waals surface area (Å²) >= 11 is 0. The van der Waals surface area contributed by atoms with Gasteiger partial charge in [-0.2, -0.15) is 0 Å². The minimum Gasteiger partial charge on any atom is -0.308 e. The Morgan fingerprint density at radius 3 is 2.39 bits per heavy atom. The van der Waals surface area contributed by atoms with Crippen molar-refractivity contribution in [2.24, 2.45) is 0 Å². The maximum absolute atomic E-state index is 4.37. The number of benzene rings is 1. The highest BCUT2D eigenvalue weighted by Gasteiger charge is 2.09. The van der Waals surface area contributed by atoms with Crippen LogP contribution in [0.4, 0.5) is 0 Å². The molecule has 1 aromatic heterocycles. The number of nitrogens with zero attached hydrogens (tertiary/aromatic N) is 1. The maximum atomic E-state index is 4.37. The van der Waals surface area contributed by atoms with Crippen molar-refractivity contribution in [1.82, 2.24) is 10.3 Å². The lowest BCUT2D eigenvalue weighted by Crippen LogP contribution is -2.24. The van der Waals surface area contributed by atoms with Gasteiger partial charge in [-0.15, -0.1) is 0 Å². The van der Waals surface area contributed by atoms with Crippen LogP contribution in [0.3, 0.4) is 0 Å². The van der Waals surface area contributed by atoms with Gasteiger partial charge in [0.1, 0.15) is 0 Å². The number of aromatic nitrogens is 1. The highest BCUT2D eigenvalue weighted by Crippen LogP contribution is 2.15. The lowest BCUT2D eigenvalue weighted by Gasteiger charge is -2.17. The van der Waals surface area contributed by atoms with Crippen LogP contribution in [0.2, 0.25) is 0 Å². The smallest absolute Gasteiger partial charge is 0.0570 e. The molecule has 2 nitrogen and oxygen atoms in total. The van der Waals surface area contributed by atoms with Crippen molar-refractivity contribution in [3.8, 4) is 0 Å². The van der Waals surface area contributed by atoms with E-state index in [4.69, 9.17) is 0 Å². The minimum atomic E-state index is 0.289. The SMILES string of the molecule is CC(CN[C@@H](C)c1ccccn1)c1ccccc1. The molecule has 0 spiro atoms. The fourth-order valence-electron chi connectivity index (χ4n) is 1.99. The van der Waals surface area contributed by atoms with Crippen molar-refractivity contribution in [1.29, 1.82) is 0 Å². The predicted molar refractivity (Wildman–Crippen MR) is 75.5 cm³/mol. The fraction of sp³-hybridized carbons (Fsp3) is 0.312. The minimum absolute atomic E-state index is 0.289. The van der Waals surface area contributed by atoms with E-state index >= 15 is 0 Å². The molecule has 1 unspecified atom stereocenters. The molecule has 0 bridgehead atoms. The van der Waals surface area contributed by atoms with Crippen LogP contribution in [-0.2, 0) is 0 Å². The summed E-state index contributed by atoms with van der Waals surface area (Å²) in [5, 5.41) is 3.53. The van der Waals surface area contributed by atoms with Gasteiger partial charge in [0.05, 0.1) is 5.69 Å². The second-order valence-electron chi connectivity index (χ2n) is 4.70. The van der Waals surface area contributed by atoms with Gasteiger partial charge in [0, 0.05) is 18.8 Å². The van der Waals surface area contributed by atoms with E-state index in [2.05, 4.69) is 60.5 Å². The van der Waals surface area contributed by atoms with Gasteiger partial charge in [-0.3, -0.25) is 4.98 Å². The van der Waals surface area contributed by atoms with E-state index in [0.717, 1.165) is 12.2 Å². The Morgan fingerprint density at radius 2 is 1.72 bits per heavy atom. The number of hydrogen-bond acceptors (Lipinski definition) is 2. The van der Waals surface area contributed by atoms with Crippen molar-refractivity contribution >= 4 is 0 Å². The Hall–Kier alpha value is -1.67. The molecular weight excluding hydrogens is 220 g/mol. The van der Waals surface area contributed by atoms with Crippen molar-refractivity contribution < 1.29 is 0 Å². The van der Waals surface area contributed by atoms with Gasteiger partial charge in [0.2, 0.25) is 0 Å². The molecule has 0 aliphatic rings. The van der Waals surface area contributed by atoms with Crippen molar-refractivity contribution in [2.45, 2.75) is 25.8 Å². The molecule has 2 rings (SSSR count). The average molecular weight is 240 g/mol. The van der Waals surface area contributed by atoms with E-state index in [9.17, 15) is 0 Å². The van der Waals surface area contributed by atoms with Crippen LogP contribution in [0.15, 0.2) is 54.7 Å². The second kappa shape index (κ2) is 6.31. The molecule has 2 aromatic rings. The summed E-state index contributed by atoms with van der Waals surface area (Å²) in [6.45, 7) is 5.36. The zero-order valence-electron chi connectivity index (χ0n) is 11.0. The van der Waals surface area contributed by atoms with E-state index < -0.39 is 0 Å². The molecule has 94 valence electrons. The first kappa shape index (κ1) is 12.8. The van der Waals surface area contributed by atoms with Crippen LogP contribution in [0.25, 0.3) is 0 Å². The Kier molecular flexibility index (Phi) is 4.48. The molecule has 0 amide bonds. The third-order valence-corrected chi connectivity index (χ3v) is 3.23. The van der Waals surface area contributed by atoms with Gasteiger partial charge >= 0.3 is 0 Å². The second-order valence-corrected chi connectivity index (χ2v) is 4.70. The number of pyridine rings is 1. The Labute approximate surface area is 109 Å². The predicted octanol–water partition coefficient (Wildman–Crippen LogP) is 3.54. The Bertz CT molecular complexity index is 408. The summed E-state index contributed by atoms with van der Waals surface area (Å²) in [5.41, 5.74) is 2.47. The first-order valence-electron chi connectivity index (χ1n) is 6.46. The molecule has 0 saturated carbocycles. The molecule has 1 aromatic carbocycles. The molecule has 18 heavy (non-hydrogen) atoms. The van der Waals surface area contributed by atoms with Gasteiger partial charge in [0.15, 0.2) is 0 Å². The first-order chi connectivity index (χ1) is 8.77. The number of rotatable bonds is 5. The van der Waals surface area contributed by atoms with Crippen LogP contribution in [0, 0.1) is 0 Å². The molecular formula is C16H20N2. The van der Waals surface area contributed by atoms with Crippen LogP contribution in [-0.4, -0.2) is 11.5 Å². The molecule has 0 aliphatic carbocycles. The van der Waals surface area contributed by atoms with E-state index in [1.165, 1.54) is 5.56 Å². The first-order valence-corrected chi connectivity index (χ1v) is 6.46. The van der Waals surface area contributed by atoms with Gasteiger partial charge < -0.3 is 5.32 Å². The molecule has 0 saturated heterocycles. The normalized spacial score (nSPS) is 14.1. The average Bonchev–Trinajstić information content (AvgIpc) is 2.46. The molecule has 0 fully saturated rings. The van der Waals surface area contributed by atoms with E-state index in [-0.39, 0.29) is 6.04 Å². The third-order valence-electron chi connectivity index (χ3n) is 3.23. The van der Waals surface area contributed by atoms with Crippen molar-refractivity contribution in [3.05, 3.63) is 66.0 Å². The number of nitrogens with one attached hydrogen (secondary N) is 1.